The van der Waals surface area contributed by atoms with E-state index in [2.05, 4.69) is 10.6 Å². The van der Waals surface area contributed by atoms with Crippen LogP contribution in [0, 0.1) is 24.4 Å². The molecule has 0 aliphatic rings. The third-order valence-electron chi connectivity index (χ3n) is 3.11. The Labute approximate surface area is 130 Å². The van der Waals surface area contributed by atoms with Crippen molar-refractivity contribution in [2.24, 2.45) is 0 Å². The smallest absolute Gasteiger partial charge is 0.254 e. The zero-order valence-electron chi connectivity index (χ0n) is 12.1. The fraction of sp³-hybridized carbons (Fsp3) is 0.125. The van der Waals surface area contributed by atoms with Crippen molar-refractivity contribution in [3.05, 3.63) is 65.0 Å². The van der Waals surface area contributed by atoms with E-state index in [0.29, 0.717) is 11.8 Å². The highest BCUT2D eigenvalue weighted by Crippen LogP contribution is 2.15. The van der Waals surface area contributed by atoms with E-state index in [0.717, 1.165) is 11.6 Å². The fourth-order valence-electron chi connectivity index (χ4n) is 1.86. The summed E-state index contributed by atoms with van der Waals surface area (Å²) in [6, 6.07) is 8.47. The number of hydrogen-bond acceptors (Lipinski definition) is 2. The maximum absolute atomic E-state index is 13.5. The Morgan fingerprint density at radius 1 is 1.00 bits per heavy atom. The van der Waals surface area contributed by atoms with Gasteiger partial charge in [0.2, 0.25) is 5.91 Å². The van der Waals surface area contributed by atoms with Gasteiger partial charge in [-0.1, -0.05) is 18.2 Å². The number of benzene rings is 2. The summed E-state index contributed by atoms with van der Waals surface area (Å²) in [6.07, 6.45) is 0. The van der Waals surface area contributed by atoms with E-state index >= 15 is 0 Å². The second-order valence-electron chi connectivity index (χ2n) is 4.77. The van der Waals surface area contributed by atoms with Gasteiger partial charge in [0.25, 0.3) is 5.91 Å². The summed E-state index contributed by atoms with van der Waals surface area (Å²) < 4.78 is 39.3. The molecule has 0 saturated heterocycles. The molecule has 0 atom stereocenters. The predicted molar refractivity (Wildman–Crippen MR) is 78.5 cm³/mol. The van der Waals surface area contributed by atoms with Gasteiger partial charge in [0.05, 0.1) is 12.1 Å². The Bertz CT molecular complexity index is 763. The SMILES string of the molecule is Cc1ccccc1NC(=O)CNC(=O)c1ccc(F)c(F)c1F. The van der Waals surface area contributed by atoms with Crippen LogP contribution < -0.4 is 10.6 Å². The minimum atomic E-state index is -1.73. The lowest BCUT2D eigenvalue weighted by molar-refractivity contribution is -0.115. The molecule has 2 amide bonds. The standard InChI is InChI=1S/C16H13F3N2O2/c1-9-4-2-3-5-12(9)21-13(22)8-20-16(23)10-6-7-11(17)15(19)14(10)18/h2-7H,8H2,1H3,(H,20,23)(H,21,22). The lowest BCUT2D eigenvalue weighted by Gasteiger charge is -2.09. The molecule has 0 radical (unpaired) electrons. The molecule has 2 aromatic rings. The summed E-state index contributed by atoms with van der Waals surface area (Å²) in [5, 5.41) is 4.72. The first-order valence-electron chi connectivity index (χ1n) is 6.67. The number of halogens is 3. The highest BCUT2D eigenvalue weighted by atomic mass is 19.2. The number of nitrogens with one attached hydrogen (secondary N) is 2. The summed E-state index contributed by atoms with van der Waals surface area (Å²) in [7, 11) is 0. The van der Waals surface area contributed by atoms with E-state index in [-0.39, 0.29) is 0 Å². The van der Waals surface area contributed by atoms with Gasteiger partial charge in [-0.25, -0.2) is 13.2 Å². The molecule has 2 aromatic carbocycles. The average molecular weight is 322 g/mol. The third kappa shape index (κ3) is 3.88. The monoisotopic (exact) mass is 322 g/mol. The Kier molecular flexibility index (Phi) is 5.00. The number of para-hydroxylation sites is 1. The molecule has 23 heavy (non-hydrogen) atoms. The lowest BCUT2D eigenvalue weighted by atomic mass is 10.2. The molecule has 0 heterocycles. The molecule has 4 nitrogen and oxygen atoms in total. The Balaban J connectivity index is 1.98. The van der Waals surface area contributed by atoms with Gasteiger partial charge < -0.3 is 10.6 Å². The Morgan fingerprint density at radius 2 is 1.70 bits per heavy atom. The maximum atomic E-state index is 13.5. The number of aryl methyl sites for hydroxylation is 1. The van der Waals surface area contributed by atoms with Crippen molar-refractivity contribution < 1.29 is 22.8 Å². The Hall–Kier alpha value is -2.83. The van der Waals surface area contributed by atoms with E-state index in [4.69, 9.17) is 0 Å². The van der Waals surface area contributed by atoms with Crippen molar-refractivity contribution in [2.45, 2.75) is 6.92 Å². The molecular weight excluding hydrogens is 309 g/mol. The van der Waals surface area contributed by atoms with E-state index in [1.165, 1.54) is 0 Å². The molecule has 0 unspecified atom stereocenters. The average Bonchev–Trinajstić information content (AvgIpc) is 2.53. The van der Waals surface area contributed by atoms with E-state index in [1.807, 2.05) is 0 Å². The van der Waals surface area contributed by atoms with Crippen molar-refractivity contribution in [3.63, 3.8) is 0 Å². The first kappa shape index (κ1) is 16.5. The van der Waals surface area contributed by atoms with Crippen LogP contribution in [-0.2, 0) is 4.79 Å². The molecule has 0 aromatic heterocycles. The minimum Gasteiger partial charge on any atom is -0.343 e. The number of anilines is 1. The van der Waals surface area contributed by atoms with Crippen LogP contribution >= 0.6 is 0 Å². The second-order valence-corrected chi connectivity index (χ2v) is 4.77. The highest BCUT2D eigenvalue weighted by molar-refractivity contribution is 5.99. The lowest BCUT2D eigenvalue weighted by Crippen LogP contribution is -2.33. The highest BCUT2D eigenvalue weighted by Gasteiger charge is 2.19. The van der Waals surface area contributed by atoms with E-state index in [1.54, 1.807) is 31.2 Å². The van der Waals surface area contributed by atoms with Crippen LogP contribution in [-0.4, -0.2) is 18.4 Å². The van der Waals surface area contributed by atoms with Crippen LogP contribution in [0.3, 0.4) is 0 Å². The molecule has 2 rings (SSSR count). The van der Waals surface area contributed by atoms with Crippen LogP contribution in [0.1, 0.15) is 15.9 Å². The van der Waals surface area contributed by atoms with Crippen molar-refractivity contribution in [1.29, 1.82) is 0 Å². The van der Waals surface area contributed by atoms with Crippen molar-refractivity contribution in [1.82, 2.24) is 5.32 Å². The number of carbonyl (C=O) groups excluding carboxylic acids is 2. The van der Waals surface area contributed by atoms with Gasteiger partial charge >= 0.3 is 0 Å². The van der Waals surface area contributed by atoms with Crippen LogP contribution in [0.5, 0.6) is 0 Å². The molecular formula is C16H13F3N2O2. The number of hydrogen-bond donors (Lipinski definition) is 2. The zero-order valence-corrected chi connectivity index (χ0v) is 12.1. The topological polar surface area (TPSA) is 58.2 Å². The second kappa shape index (κ2) is 6.95. The quantitative estimate of drug-likeness (QED) is 0.851. The molecule has 0 fully saturated rings. The molecule has 0 aliphatic heterocycles. The van der Waals surface area contributed by atoms with Crippen LogP contribution in [0.2, 0.25) is 0 Å². The maximum Gasteiger partial charge on any atom is 0.254 e. The van der Waals surface area contributed by atoms with Gasteiger partial charge in [-0.05, 0) is 30.7 Å². The summed E-state index contributed by atoms with van der Waals surface area (Å²) >= 11 is 0. The summed E-state index contributed by atoms with van der Waals surface area (Å²) in [5.74, 6) is -6.27. The van der Waals surface area contributed by atoms with E-state index in [9.17, 15) is 22.8 Å². The summed E-state index contributed by atoms with van der Waals surface area (Å²) in [6.45, 7) is 1.36. The first-order valence-corrected chi connectivity index (χ1v) is 6.67. The third-order valence-corrected chi connectivity index (χ3v) is 3.11. The zero-order chi connectivity index (χ0) is 17.0. The molecule has 0 saturated carbocycles. The van der Waals surface area contributed by atoms with Crippen molar-refractivity contribution in [3.8, 4) is 0 Å². The fourth-order valence-corrected chi connectivity index (χ4v) is 1.86. The minimum absolute atomic E-state index is 0.439. The predicted octanol–water partition coefficient (Wildman–Crippen LogP) is 2.78. The summed E-state index contributed by atoms with van der Waals surface area (Å²) in [4.78, 5) is 23.5. The largest absolute Gasteiger partial charge is 0.343 e. The van der Waals surface area contributed by atoms with Gasteiger partial charge in [0.15, 0.2) is 17.5 Å². The molecule has 7 heteroatoms. The van der Waals surface area contributed by atoms with Gasteiger partial charge in [-0.2, -0.15) is 0 Å². The van der Waals surface area contributed by atoms with Gasteiger partial charge in [-0.3, -0.25) is 9.59 Å². The molecule has 0 aliphatic carbocycles. The number of rotatable bonds is 4. The Morgan fingerprint density at radius 3 is 2.39 bits per heavy atom. The van der Waals surface area contributed by atoms with Crippen molar-refractivity contribution >= 4 is 17.5 Å². The van der Waals surface area contributed by atoms with Gasteiger partial charge in [0, 0.05) is 5.69 Å². The van der Waals surface area contributed by atoms with E-state index < -0.39 is 41.4 Å². The molecule has 120 valence electrons. The number of amides is 2. The normalized spacial score (nSPS) is 10.3. The van der Waals surface area contributed by atoms with Gasteiger partial charge in [0.1, 0.15) is 0 Å². The summed E-state index contributed by atoms with van der Waals surface area (Å²) in [5.41, 5.74) is 0.733. The van der Waals surface area contributed by atoms with Crippen LogP contribution in [0.4, 0.5) is 18.9 Å². The van der Waals surface area contributed by atoms with Crippen molar-refractivity contribution in [2.75, 3.05) is 11.9 Å². The number of carbonyl (C=O) groups is 2. The van der Waals surface area contributed by atoms with Crippen LogP contribution in [0.15, 0.2) is 36.4 Å². The van der Waals surface area contributed by atoms with Crippen LogP contribution in [0.25, 0.3) is 0 Å². The van der Waals surface area contributed by atoms with Gasteiger partial charge in [-0.15, -0.1) is 0 Å². The molecule has 2 N–H and O–H groups in total. The molecule has 0 bridgehead atoms. The first-order chi connectivity index (χ1) is 10.9. The molecule has 0 spiro atoms.